The van der Waals surface area contributed by atoms with Gasteiger partial charge in [-0.2, -0.15) is 0 Å². The highest BCUT2D eigenvalue weighted by Gasteiger charge is 2.58. The van der Waals surface area contributed by atoms with Crippen LogP contribution in [0.2, 0.25) is 0 Å². The first kappa shape index (κ1) is 19.3. The second-order valence-corrected chi connectivity index (χ2v) is 10.5. The normalized spacial score (nSPS) is 47.1. The molecule has 0 spiro atoms. The minimum atomic E-state index is -0.105. The topological polar surface area (TPSA) is 26.3 Å². The minimum Gasteiger partial charge on any atom is -0.463 e. The first-order valence-electron chi connectivity index (χ1n) is 11.3. The average molecular weight is 371 g/mol. The molecule has 0 aliphatic heterocycles. The van der Waals surface area contributed by atoms with Gasteiger partial charge in [0.05, 0.1) is 0 Å². The molecule has 0 aromatic rings. The summed E-state index contributed by atoms with van der Waals surface area (Å²) in [4.78, 5) is 11.4. The summed E-state index contributed by atoms with van der Waals surface area (Å²) in [5, 5.41) is 0. The van der Waals surface area contributed by atoms with Crippen molar-refractivity contribution in [2.24, 2.45) is 40.4 Å². The van der Waals surface area contributed by atoms with Crippen molar-refractivity contribution in [3.05, 3.63) is 24.3 Å². The van der Waals surface area contributed by atoms with E-state index in [9.17, 15) is 4.79 Å². The van der Waals surface area contributed by atoms with Gasteiger partial charge in [-0.3, -0.25) is 4.79 Å². The lowest BCUT2D eigenvalue weighted by atomic mass is 9.44. The van der Waals surface area contributed by atoms with E-state index in [1.54, 1.807) is 12.5 Å². The van der Waals surface area contributed by atoms with E-state index in [1.165, 1.54) is 38.5 Å². The smallest absolute Gasteiger partial charge is 0.302 e. The van der Waals surface area contributed by atoms with Crippen molar-refractivity contribution in [2.45, 2.75) is 85.2 Å². The van der Waals surface area contributed by atoms with Gasteiger partial charge in [-0.05, 0) is 91.8 Å². The molecule has 4 rings (SSSR count). The molecule has 150 valence electrons. The predicted octanol–water partition coefficient (Wildman–Crippen LogP) is 6.32. The van der Waals surface area contributed by atoms with Gasteiger partial charge in [-0.25, -0.2) is 0 Å². The summed E-state index contributed by atoms with van der Waals surface area (Å²) in [6, 6.07) is 0. The average Bonchev–Trinajstić information content (AvgIpc) is 2.98. The largest absolute Gasteiger partial charge is 0.463 e. The van der Waals surface area contributed by atoms with Crippen molar-refractivity contribution >= 4 is 5.97 Å². The first-order valence-corrected chi connectivity index (χ1v) is 11.3. The van der Waals surface area contributed by atoms with Crippen molar-refractivity contribution in [3.8, 4) is 0 Å². The van der Waals surface area contributed by atoms with Gasteiger partial charge < -0.3 is 4.74 Å². The van der Waals surface area contributed by atoms with Crippen LogP contribution in [0.15, 0.2) is 24.3 Å². The number of fused-ring (bicyclic) bond motifs is 5. The van der Waals surface area contributed by atoms with Crippen LogP contribution >= 0.6 is 0 Å². The first-order chi connectivity index (χ1) is 12.8. The van der Waals surface area contributed by atoms with Crippen LogP contribution < -0.4 is 0 Å². The molecule has 2 nitrogen and oxygen atoms in total. The molecule has 0 radical (unpaired) electrons. The van der Waals surface area contributed by atoms with Gasteiger partial charge in [0.2, 0.25) is 0 Å². The maximum Gasteiger partial charge on any atom is 0.302 e. The fourth-order valence-corrected chi connectivity index (χ4v) is 7.99. The Hall–Kier alpha value is -1.05. The van der Waals surface area contributed by atoms with E-state index in [2.05, 4.69) is 39.5 Å². The number of hydrogen-bond acceptors (Lipinski definition) is 2. The maximum atomic E-state index is 11.4. The van der Waals surface area contributed by atoms with Crippen molar-refractivity contribution < 1.29 is 9.53 Å². The van der Waals surface area contributed by atoms with Crippen LogP contribution in [0.3, 0.4) is 0 Å². The van der Waals surface area contributed by atoms with E-state index in [0.29, 0.717) is 16.7 Å². The van der Waals surface area contributed by atoms with E-state index in [1.807, 2.05) is 0 Å². The summed E-state index contributed by atoms with van der Waals surface area (Å²) >= 11 is 0. The zero-order valence-electron chi connectivity index (χ0n) is 17.8. The molecule has 2 heteroatoms. The Morgan fingerprint density at radius 2 is 2.00 bits per heavy atom. The third kappa shape index (κ3) is 2.93. The monoisotopic (exact) mass is 370 g/mol. The second-order valence-electron chi connectivity index (χ2n) is 10.5. The summed E-state index contributed by atoms with van der Waals surface area (Å²) in [6.45, 7) is 13.1. The molecule has 0 aromatic heterocycles. The van der Waals surface area contributed by atoms with Crippen molar-refractivity contribution in [3.63, 3.8) is 0 Å². The van der Waals surface area contributed by atoms with Crippen molar-refractivity contribution in [1.82, 2.24) is 0 Å². The van der Waals surface area contributed by atoms with E-state index in [0.717, 1.165) is 36.5 Å². The van der Waals surface area contributed by atoms with E-state index in [-0.39, 0.29) is 12.1 Å². The van der Waals surface area contributed by atoms with Crippen molar-refractivity contribution in [1.29, 1.82) is 0 Å². The summed E-state index contributed by atoms with van der Waals surface area (Å²) in [7, 11) is 0. The zero-order valence-corrected chi connectivity index (χ0v) is 17.8. The molecule has 8 atom stereocenters. The van der Waals surface area contributed by atoms with Crippen LogP contribution in [0, 0.1) is 40.4 Å². The lowest BCUT2D eigenvalue weighted by molar-refractivity contribution is -0.158. The van der Waals surface area contributed by atoms with Gasteiger partial charge in [0.1, 0.15) is 6.10 Å². The number of carbonyl (C=O) groups is 1. The highest BCUT2D eigenvalue weighted by atomic mass is 16.5. The molecular formula is C25H38O2. The Labute approximate surface area is 165 Å². The van der Waals surface area contributed by atoms with Crippen molar-refractivity contribution in [2.75, 3.05) is 0 Å². The van der Waals surface area contributed by atoms with Gasteiger partial charge in [0.15, 0.2) is 0 Å². The third-order valence-electron chi connectivity index (χ3n) is 9.44. The lowest BCUT2D eigenvalue weighted by Gasteiger charge is -2.61. The Morgan fingerprint density at radius 3 is 2.70 bits per heavy atom. The summed E-state index contributed by atoms with van der Waals surface area (Å²) in [6.07, 6.45) is 15.0. The molecule has 4 aliphatic rings. The van der Waals surface area contributed by atoms with E-state index < -0.39 is 0 Å². The van der Waals surface area contributed by atoms with Crippen LogP contribution in [0.25, 0.3) is 0 Å². The molecule has 0 N–H and O–H groups in total. The van der Waals surface area contributed by atoms with Crippen LogP contribution in [-0.2, 0) is 9.53 Å². The number of hydrogen-bond donors (Lipinski definition) is 0. The molecule has 0 aromatic carbocycles. The lowest BCUT2D eigenvalue weighted by Crippen LogP contribution is -2.54. The standard InChI is InChI=1S/C25H38O2/c1-6-16(2)21-9-10-22-20-8-7-18-15-19(27-17(3)26)11-13-24(18,4)23(20)12-14-25(21,22)5/h6,9,16,18-20,22-23H,1,7-8,10-15H2,2-5H3/t16?,18?,19?,20?,22?,23?,24-,25+/m0/s1. The Kier molecular flexibility index (Phi) is 4.84. The molecule has 0 heterocycles. The van der Waals surface area contributed by atoms with Gasteiger partial charge in [-0.15, -0.1) is 6.58 Å². The third-order valence-corrected chi connectivity index (χ3v) is 9.44. The van der Waals surface area contributed by atoms with Gasteiger partial charge in [-0.1, -0.05) is 38.5 Å². The van der Waals surface area contributed by atoms with Gasteiger partial charge in [0, 0.05) is 6.92 Å². The van der Waals surface area contributed by atoms with Gasteiger partial charge >= 0.3 is 5.97 Å². The molecule has 3 saturated carbocycles. The number of esters is 1. The fourth-order valence-electron chi connectivity index (χ4n) is 7.99. The van der Waals surface area contributed by atoms with Crippen LogP contribution in [0.1, 0.15) is 79.1 Å². The summed E-state index contributed by atoms with van der Waals surface area (Å²) < 4.78 is 5.60. The predicted molar refractivity (Wildman–Crippen MR) is 110 cm³/mol. The highest BCUT2D eigenvalue weighted by Crippen LogP contribution is 2.67. The summed E-state index contributed by atoms with van der Waals surface area (Å²) in [5.41, 5.74) is 2.52. The molecular weight excluding hydrogens is 332 g/mol. The molecule has 0 amide bonds. The molecule has 0 bridgehead atoms. The van der Waals surface area contributed by atoms with Crippen LogP contribution in [0.5, 0.6) is 0 Å². The van der Waals surface area contributed by atoms with Gasteiger partial charge in [0.25, 0.3) is 0 Å². The quantitative estimate of drug-likeness (QED) is 0.429. The number of rotatable bonds is 3. The summed E-state index contributed by atoms with van der Waals surface area (Å²) in [5.74, 6) is 3.72. The Balaban J connectivity index is 1.53. The van der Waals surface area contributed by atoms with E-state index in [4.69, 9.17) is 4.74 Å². The zero-order chi connectivity index (χ0) is 19.4. The highest BCUT2D eigenvalue weighted by molar-refractivity contribution is 5.66. The molecule has 3 fully saturated rings. The van der Waals surface area contributed by atoms with E-state index >= 15 is 0 Å². The minimum absolute atomic E-state index is 0.105. The molecule has 6 unspecified atom stereocenters. The van der Waals surface area contributed by atoms with Crippen LogP contribution in [0.4, 0.5) is 0 Å². The fraction of sp³-hybridized carbons (Fsp3) is 0.800. The molecule has 0 saturated heterocycles. The number of carbonyl (C=O) groups excluding carboxylic acids is 1. The maximum absolute atomic E-state index is 11.4. The van der Waals surface area contributed by atoms with Crippen LogP contribution in [-0.4, -0.2) is 12.1 Å². The Morgan fingerprint density at radius 1 is 1.22 bits per heavy atom. The number of ether oxygens (including phenoxy) is 1. The number of allylic oxidation sites excluding steroid dienone is 3. The molecule has 4 aliphatic carbocycles. The molecule has 27 heavy (non-hydrogen) atoms. The second kappa shape index (κ2) is 6.78. The SMILES string of the molecule is C=CC(C)C1=CCC2C3CCC4CC(OC(C)=O)CC[C@]4(C)C3CC[C@]12C. The Bertz CT molecular complexity index is 649.